The van der Waals surface area contributed by atoms with Crippen molar-refractivity contribution in [2.24, 2.45) is 0 Å². The molecule has 3 heterocycles. The van der Waals surface area contributed by atoms with Crippen LogP contribution in [0, 0.1) is 0 Å². The van der Waals surface area contributed by atoms with Crippen molar-refractivity contribution < 1.29 is 9.63 Å². The van der Waals surface area contributed by atoms with E-state index in [1.807, 2.05) is 26.0 Å². The first-order chi connectivity index (χ1) is 9.20. The summed E-state index contributed by atoms with van der Waals surface area (Å²) < 4.78 is 0. The maximum Gasteiger partial charge on any atom is 0.224 e. The molecule has 0 saturated carbocycles. The predicted molar refractivity (Wildman–Crippen MR) is 72.4 cm³/mol. The van der Waals surface area contributed by atoms with E-state index < -0.39 is 0 Å². The average molecular weight is 259 g/mol. The van der Waals surface area contributed by atoms with Crippen molar-refractivity contribution in [3.8, 4) is 0 Å². The molecule has 0 aromatic carbocycles. The van der Waals surface area contributed by atoms with Crippen LogP contribution in [-0.2, 0) is 9.63 Å². The molecule has 1 aromatic heterocycles. The van der Waals surface area contributed by atoms with E-state index in [1.54, 1.807) is 11.3 Å². The molecule has 0 radical (unpaired) electrons. The number of amides is 1. The second-order valence-corrected chi connectivity index (χ2v) is 4.81. The smallest absolute Gasteiger partial charge is 0.224 e. The van der Waals surface area contributed by atoms with Crippen molar-refractivity contribution in [3.63, 3.8) is 0 Å². The van der Waals surface area contributed by atoms with Crippen molar-refractivity contribution in [1.82, 2.24) is 10.3 Å². The van der Waals surface area contributed by atoms with Gasteiger partial charge in [0.1, 0.15) is 0 Å². The fourth-order valence-electron chi connectivity index (χ4n) is 2.84. The molecule has 100 valence electrons. The number of anilines is 1. The SMILES string of the molecule is CCON1CC2=C(c3cccnc31)C(C)NC(=O)C2. The van der Waals surface area contributed by atoms with E-state index in [0.717, 1.165) is 17.0 Å². The Labute approximate surface area is 112 Å². The van der Waals surface area contributed by atoms with Crippen LogP contribution in [0.4, 0.5) is 5.82 Å². The molecule has 3 rings (SSSR count). The van der Waals surface area contributed by atoms with Crippen LogP contribution >= 0.6 is 0 Å². The van der Waals surface area contributed by atoms with Gasteiger partial charge in [0.05, 0.1) is 25.6 Å². The molecule has 0 fully saturated rings. The summed E-state index contributed by atoms with van der Waals surface area (Å²) in [6.07, 6.45) is 2.21. The van der Waals surface area contributed by atoms with Crippen molar-refractivity contribution in [3.05, 3.63) is 29.5 Å². The monoisotopic (exact) mass is 259 g/mol. The van der Waals surface area contributed by atoms with Crippen LogP contribution in [0.1, 0.15) is 25.8 Å². The Morgan fingerprint density at radius 1 is 1.58 bits per heavy atom. The Bertz CT molecular complexity index is 553. The van der Waals surface area contributed by atoms with Gasteiger partial charge in [0.25, 0.3) is 0 Å². The number of nitrogens with zero attached hydrogens (tertiary/aromatic N) is 2. The van der Waals surface area contributed by atoms with Crippen LogP contribution in [0.5, 0.6) is 0 Å². The van der Waals surface area contributed by atoms with Gasteiger partial charge in [0.2, 0.25) is 5.91 Å². The number of hydroxylamine groups is 1. The highest BCUT2D eigenvalue weighted by atomic mass is 16.7. The van der Waals surface area contributed by atoms with Crippen LogP contribution in [0.3, 0.4) is 0 Å². The Hall–Kier alpha value is -1.88. The number of nitrogens with one attached hydrogen (secondary N) is 1. The summed E-state index contributed by atoms with van der Waals surface area (Å²) in [5, 5.41) is 4.77. The average Bonchev–Trinajstić information content (AvgIpc) is 2.38. The second kappa shape index (κ2) is 4.66. The molecule has 1 amide bonds. The highest BCUT2D eigenvalue weighted by molar-refractivity contribution is 5.93. The van der Waals surface area contributed by atoms with Gasteiger partial charge in [0.15, 0.2) is 5.82 Å². The molecule has 1 aromatic rings. The third kappa shape index (κ3) is 2.00. The lowest BCUT2D eigenvalue weighted by Crippen LogP contribution is -2.43. The number of carbonyl (C=O) groups is 1. The van der Waals surface area contributed by atoms with Crippen LogP contribution in [-0.4, -0.2) is 30.1 Å². The zero-order valence-corrected chi connectivity index (χ0v) is 11.1. The fraction of sp³-hybridized carbons (Fsp3) is 0.429. The zero-order chi connectivity index (χ0) is 13.4. The zero-order valence-electron chi connectivity index (χ0n) is 11.1. The van der Waals surface area contributed by atoms with Crippen molar-refractivity contribution in [1.29, 1.82) is 0 Å². The number of aromatic nitrogens is 1. The minimum Gasteiger partial charge on any atom is -0.349 e. The summed E-state index contributed by atoms with van der Waals surface area (Å²) in [5.74, 6) is 0.918. The molecule has 5 heteroatoms. The molecule has 1 N–H and O–H groups in total. The van der Waals surface area contributed by atoms with Gasteiger partial charge in [-0.1, -0.05) is 0 Å². The first-order valence-corrected chi connectivity index (χ1v) is 6.57. The summed E-state index contributed by atoms with van der Waals surface area (Å²) in [6.45, 7) is 5.16. The largest absolute Gasteiger partial charge is 0.349 e. The van der Waals surface area contributed by atoms with Gasteiger partial charge in [-0.3, -0.25) is 9.63 Å². The third-order valence-electron chi connectivity index (χ3n) is 3.50. The Balaban J connectivity index is 2.10. The third-order valence-corrected chi connectivity index (χ3v) is 3.50. The van der Waals surface area contributed by atoms with E-state index in [9.17, 15) is 4.79 Å². The molecular weight excluding hydrogens is 242 g/mol. The molecule has 0 aliphatic carbocycles. The Kier molecular flexibility index (Phi) is 2.98. The Morgan fingerprint density at radius 2 is 2.42 bits per heavy atom. The van der Waals surface area contributed by atoms with E-state index in [1.165, 1.54) is 5.57 Å². The molecule has 5 nitrogen and oxygen atoms in total. The summed E-state index contributed by atoms with van der Waals surface area (Å²) >= 11 is 0. The van der Waals surface area contributed by atoms with E-state index >= 15 is 0 Å². The van der Waals surface area contributed by atoms with Crippen LogP contribution < -0.4 is 10.4 Å². The quantitative estimate of drug-likeness (QED) is 0.875. The topological polar surface area (TPSA) is 54.5 Å². The van der Waals surface area contributed by atoms with Gasteiger partial charge in [-0.25, -0.2) is 10.0 Å². The molecule has 2 aliphatic rings. The minimum absolute atomic E-state index is 0.0305. The summed E-state index contributed by atoms with van der Waals surface area (Å²) in [6, 6.07) is 3.99. The minimum atomic E-state index is 0.0305. The number of hydrogen-bond donors (Lipinski definition) is 1. The van der Waals surface area contributed by atoms with Gasteiger partial charge in [-0.05, 0) is 37.1 Å². The molecule has 1 unspecified atom stereocenters. The second-order valence-electron chi connectivity index (χ2n) is 4.81. The van der Waals surface area contributed by atoms with E-state index in [-0.39, 0.29) is 11.9 Å². The number of carbonyl (C=O) groups excluding carboxylic acids is 1. The van der Waals surface area contributed by atoms with Gasteiger partial charge in [-0.2, -0.15) is 0 Å². The lowest BCUT2D eigenvalue weighted by atomic mass is 9.87. The first-order valence-electron chi connectivity index (χ1n) is 6.57. The van der Waals surface area contributed by atoms with Crippen LogP contribution in [0.15, 0.2) is 23.9 Å². The molecule has 19 heavy (non-hydrogen) atoms. The lowest BCUT2D eigenvalue weighted by Gasteiger charge is -2.36. The number of fused-ring (bicyclic) bond motifs is 2. The van der Waals surface area contributed by atoms with Crippen LogP contribution in [0.25, 0.3) is 5.57 Å². The van der Waals surface area contributed by atoms with Crippen molar-refractivity contribution >= 4 is 17.3 Å². The van der Waals surface area contributed by atoms with Crippen LogP contribution in [0.2, 0.25) is 0 Å². The Morgan fingerprint density at radius 3 is 3.21 bits per heavy atom. The number of hydrogen-bond acceptors (Lipinski definition) is 4. The molecule has 1 atom stereocenters. The molecule has 0 saturated heterocycles. The van der Waals surface area contributed by atoms with E-state index in [2.05, 4.69) is 10.3 Å². The number of pyridine rings is 1. The summed E-state index contributed by atoms with van der Waals surface area (Å²) in [5.41, 5.74) is 3.38. The molecule has 0 spiro atoms. The number of rotatable bonds is 2. The van der Waals surface area contributed by atoms with Crippen molar-refractivity contribution in [2.45, 2.75) is 26.3 Å². The predicted octanol–water partition coefficient (Wildman–Crippen LogP) is 1.52. The van der Waals surface area contributed by atoms with Crippen molar-refractivity contribution in [2.75, 3.05) is 18.2 Å². The normalized spacial score (nSPS) is 21.9. The standard InChI is InChI=1S/C14H17N3O2/c1-3-19-17-8-10-7-12(18)16-9(2)13(10)11-5-4-6-15-14(11)17/h4-6,9H,3,7-8H2,1-2H3,(H,16,18). The summed E-state index contributed by atoms with van der Waals surface area (Å²) in [7, 11) is 0. The molecule has 0 bridgehead atoms. The first kappa shape index (κ1) is 12.2. The highest BCUT2D eigenvalue weighted by Crippen LogP contribution is 2.37. The van der Waals surface area contributed by atoms with Gasteiger partial charge >= 0.3 is 0 Å². The van der Waals surface area contributed by atoms with E-state index in [0.29, 0.717) is 19.6 Å². The van der Waals surface area contributed by atoms with E-state index in [4.69, 9.17) is 4.84 Å². The van der Waals surface area contributed by atoms with Gasteiger partial charge in [0, 0.05) is 11.8 Å². The maximum atomic E-state index is 11.7. The lowest BCUT2D eigenvalue weighted by molar-refractivity contribution is -0.121. The molecular formula is C14H17N3O2. The summed E-state index contributed by atoms with van der Waals surface area (Å²) in [4.78, 5) is 21.7. The fourth-order valence-corrected chi connectivity index (χ4v) is 2.84. The maximum absolute atomic E-state index is 11.7. The highest BCUT2D eigenvalue weighted by Gasteiger charge is 2.33. The molecule has 2 aliphatic heterocycles. The van der Waals surface area contributed by atoms with Gasteiger partial charge < -0.3 is 5.32 Å². The van der Waals surface area contributed by atoms with Gasteiger partial charge in [-0.15, -0.1) is 0 Å².